The lowest BCUT2D eigenvalue weighted by atomic mass is 10.1. The Morgan fingerprint density at radius 3 is 2.62 bits per heavy atom. The molecule has 1 saturated carbocycles. The summed E-state index contributed by atoms with van der Waals surface area (Å²) in [6, 6.07) is 3.01. The lowest BCUT2D eigenvalue weighted by Crippen LogP contribution is -2.30. The van der Waals surface area contributed by atoms with Crippen molar-refractivity contribution < 1.29 is 22.4 Å². The topological polar surface area (TPSA) is 55.1 Å². The van der Waals surface area contributed by atoms with Gasteiger partial charge < -0.3 is 11.1 Å². The van der Waals surface area contributed by atoms with Crippen LogP contribution in [0.5, 0.6) is 0 Å². The Hall–Kier alpha value is -1.63. The Labute approximate surface area is 119 Å². The molecule has 1 aromatic carbocycles. The third-order valence-corrected chi connectivity index (χ3v) is 3.68. The van der Waals surface area contributed by atoms with E-state index in [1.54, 1.807) is 0 Å². The van der Waals surface area contributed by atoms with Crippen LogP contribution >= 0.6 is 0 Å². The first-order chi connectivity index (χ1) is 9.79. The van der Waals surface area contributed by atoms with E-state index >= 15 is 0 Å². The molecule has 3 N–H and O–H groups in total. The van der Waals surface area contributed by atoms with Crippen LogP contribution in [-0.4, -0.2) is 11.9 Å². The van der Waals surface area contributed by atoms with Gasteiger partial charge >= 0.3 is 6.18 Å². The summed E-state index contributed by atoms with van der Waals surface area (Å²) in [5, 5.41) is 2.48. The van der Waals surface area contributed by atoms with Crippen LogP contribution in [0.25, 0.3) is 0 Å². The van der Waals surface area contributed by atoms with E-state index in [0.717, 1.165) is 12.5 Å². The van der Waals surface area contributed by atoms with Crippen LogP contribution in [0.4, 0.5) is 17.6 Å². The zero-order chi connectivity index (χ0) is 15.6. The fourth-order valence-corrected chi connectivity index (χ4v) is 2.52. The second-order valence-electron chi connectivity index (χ2n) is 5.26. The van der Waals surface area contributed by atoms with E-state index in [0.29, 0.717) is 18.9 Å². The summed E-state index contributed by atoms with van der Waals surface area (Å²) in [6.07, 6.45) is -2.80. The standard InChI is InChI=1S/C14H16F4N2O/c15-12-9(2-1-3-11(12)14(16,17)18)7-20-13(21)8-4-5-10(19)6-8/h1-3,8,10H,4-7,19H2,(H,20,21)/t8-,10+/m1/s1. The number of rotatable bonds is 3. The van der Waals surface area contributed by atoms with E-state index in [9.17, 15) is 22.4 Å². The monoisotopic (exact) mass is 304 g/mol. The van der Waals surface area contributed by atoms with Gasteiger partial charge in [-0.15, -0.1) is 0 Å². The van der Waals surface area contributed by atoms with Gasteiger partial charge in [0.1, 0.15) is 5.82 Å². The van der Waals surface area contributed by atoms with Gasteiger partial charge in [0.25, 0.3) is 0 Å². The maximum Gasteiger partial charge on any atom is 0.419 e. The quantitative estimate of drug-likeness (QED) is 0.843. The molecule has 0 bridgehead atoms. The van der Waals surface area contributed by atoms with Crippen LogP contribution < -0.4 is 11.1 Å². The normalized spacial score (nSPS) is 22.3. The van der Waals surface area contributed by atoms with E-state index in [2.05, 4.69) is 5.32 Å². The Kier molecular flexibility index (Phi) is 4.51. The van der Waals surface area contributed by atoms with Gasteiger partial charge in [0, 0.05) is 24.1 Å². The highest BCUT2D eigenvalue weighted by atomic mass is 19.4. The van der Waals surface area contributed by atoms with E-state index in [4.69, 9.17) is 5.73 Å². The van der Waals surface area contributed by atoms with Crippen LogP contribution in [0.3, 0.4) is 0 Å². The van der Waals surface area contributed by atoms with Gasteiger partial charge in [-0.05, 0) is 25.3 Å². The van der Waals surface area contributed by atoms with E-state index < -0.39 is 17.6 Å². The van der Waals surface area contributed by atoms with Gasteiger partial charge in [0.15, 0.2) is 0 Å². The molecular weight excluding hydrogens is 288 g/mol. The molecule has 0 unspecified atom stereocenters. The fraction of sp³-hybridized carbons (Fsp3) is 0.500. The highest BCUT2D eigenvalue weighted by molar-refractivity contribution is 5.79. The van der Waals surface area contributed by atoms with E-state index in [1.165, 1.54) is 6.07 Å². The maximum absolute atomic E-state index is 13.8. The Morgan fingerprint density at radius 2 is 2.05 bits per heavy atom. The Morgan fingerprint density at radius 1 is 1.33 bits per heavy atom. The third kappa shape index (κ3) is 3.72. The molecule has 0 aromatic heterocycles. The minimum Gasteiger partial charge on any atom is -0.352 e. The first kappa shape index (κ1) is 15.8. The number of benzene rings is 1. The van der Waals surface area contributed by atoms with Crippen LogP contribution in [-0.2, 0) is 17.5 Å². The first-order valence-electron chi connectivity index (χ1n) is 6.67. The molecular formula is C14H16F4N2O. The molecule has 1 aromatic rings. The predicted molar refractivity (Wildman–Crippen MR) is 68.6 cm³/mol. The summed E-state index contributed by atoms with van der Waals surface area (Å²) in [7, 11) is 0. The molecule has 2 atom stereocenters. The van der Waals surface area contributed by atoms with Gasteiger partial charge in [-0.25, -0.2) is 4.39 Å². The number of hydrogen-bond acceptors (Lipinski definition) is 2. The lowest BCUT2D eigenvalue weighted by Gasteiger charge is -2.13. The summed E-state index contributed by atoms with van der Waals surface area (Å²) < 4.78 is 51.5. The molecule has 7 heteroatoms. The third-order valence-electron chi connectivity index (χ3n) is 3.68. The van der Waals surface area contributed by atoms with Gasteiger partial charge in [0.05, 0.1) is 5.56 Å². The molecule has 0 aliphatic heterocycles. The minimum absolute atomic E-state index is 0.0222. The smallest absolute Gasteiger partial charge is 0.352 e. The van der Waals surface area contributed by atoms with Gasteiger partial charge in [0.2, 0.25) is 5.91 Å². The molecule has 1 aliphatic rings. The van der Waals surface area contributed by atoms with Crippen LogP contribution in [0.2, 0.25) is 0 Å². The molecule has 2 rings (SSSR count). The predicted octanol–water partition coefficient (Wildman–Crippen LogP) is 2.59. The number of hydrogen-bond donors (Lipinski definition) is 2. The zero-order valence-electron chi connectivity index (χ0n) is 11.2. The summed E-state index contributed by atoms with van der Waals surface area (Å²) in [4.78, 5) is 11.8. The molecule has 116 valence electrons. The maximum atomic E-state index is 13.8. The zero-order valence-corrected chi connectivity index (χ0v) is 11.2. The summed E-state index contributed by atoms with van der Waals surface area (Å²) in [5.74, 6) is -1.87. The van der Waals surface area contributed by atoms with Crippen molar-refractivity contribution >= 4 is 5.91 Å². The van der Waals surface area contributed by atoms with Crippen molar-refractivity contribution in [2.45, 2.75) is 38.0 Å². The van der Waals surface area contributed by atoms with Crippen molar-refractivity contribution in [2.24, 2.45) is 11.7 Å². The van der Waals surface area contributed by atoms with Crippen molar-refractivity contribution in [1.82, 2.24) is 5.32 Å². The Balaban J connectivity index is 2.02. The molecule has 0 radical (unpaired) electrons. The fourth-order valence-electron chi connectivity index (χ4n) is 2.52. The number of halogens is 4. The van der Waals surface area contributed by atoms with Crippen LogP contribution in [0, 0.1) is 11.7 Å². The number of alkyl halides is 3. The van der Waals surface area contributed by atoms with Gasteiger partial charge in [-0.2, -0.15) is 13.2 Å². The van der Waals surface area contributed by atoms with Gasteiger partial charge in [-0.3, -0.25) is 4.79 Å². The van der Waals surface area contributed by atoms with E-state index in [1.807, 2.05) is 0 Å². The lowest BCUT2D eigenvalue weighted by molar-refractivity contribution is -0.140. The average molecular weight is 304 g/mol. The average Bonchev–Trinajstić information content (AvgIpc) is 2.82. The number of carbonyl (C=O) groups is 1. The van der Waals surface area contributed by atoms with Crippen molar-refractivity contribution in [2.75, 3.05) is 0 Å². The van der Waals surface area contributed by atoms with Gasteiger partial charge in [-0.1, -0.05) is 12.1 Å². The highest BCUT2D eigenvalue weighted by Crippen LogP contribution is 2.32. The number of amides is 1. The minimum atomic E-state index is -4.75. The molecule has 1 amide bonds. The first-order valence-corrected chi connectivity index (χ1v) is 6.67. The number of nitrogens with one attached hydrogen (secondary N) is 1. The summed E-state index contributed by atoms with van der Waals surface area (Å²) in [5.41, 5.74) is 4.19. The SMILES string of the molecule is N[C@H]1CC[C@@H](C(=O)NCc2cccc(C(F)(F)F)c2F)C1. The molecule has 3 nitrogen and oxygen atoms in total. The highest BCUT2D eigenvalue weighted by Gasteiger charge is 2.35. The van der Waals surface area contributed by atoms with E-state index in [-0.39, 0.29) is 30.0 Å². The van der Waals surface area contributed by atoms with Crippen molar-refractivity contribution in [3.05, 3.63) is 35.1 Å². The summed E-state index contributed by atoms with van der Waals surface area (Å²) in [6.45, 7) is -0.264. The van der Waals surface area contributed by atoms with Crippen molar-refractivity contribution in [3.63, 3.8) is 0 Å². The molecule has 0 saturated heterocycles. The molecule has 21 heavy (non-hydrogen) atoms. The number of nitrogens with two attached hydrogens (primary N) is 1. The van der Waals surface area contributed by atoms with Crippen LogP contribution in [0.15, 0.2) is 18.2 Å². The second kappa shape index (κ2) is 6.01. The molecule has 1 aliphatic carbocycles. The largest absolute Gasteiger partial charge is 0.419 e. The van der Waals surface area contributed by atoms with Crippen molar-refractivity contribution in [1.29, 1.82) is 0 Å². The molecule has 0 heterocycles. The number of carbonyl (C=O) groups excluding carboxylic acids is 1. The van der Waals surface area contributed by atoms with Crippen LogP contribution in [0.1, 0.15) is 30.4 Å². The second-order valence-corrected chi connectivity index (χ2v) is 5.26. The Bertz CT molecular complexity index is 530. The van der Waals surface area contributed by atoms with Crippen molar-refractivity contribution in [3.8, 4) is 0 Å². The summed E-state index contributed by atoms with van der Waals surface area (Å²) >= 11 is 0. The molecule has 1 fully saturated rings. The molecule has 0 spiro atoms.